The summed E-state index contributed by atoms with van der Waals surface area (Å²) in [6.07, 6.45) is 3.45. The lowest BCUT2D eigenvalue weighted by Gasteiger charge is -2.26. The van der Waals surface area contributed by atoms with Crippen molar-refractivity contribution in [2.45, 2.75) is 44.6 Å². The van der Waals surface area contributed by atoms with Gasteiger partial charge in [-0.2, -0.15) is 4.99 Å². The van der Waals surface area contributed by atoms with Crippen LogP contribution in [0.5, 0.6) is 5.75 Å². The summed E-state index contributed by atoms with van der Waals surface area (Å²) >= 11 is 3.54. The second-order valence-electron chi connectivity index (χ2n) is 6.02. The first-order valence-corrected chi connectivity index (χ1v) is 7.11. The molecule has 1 aromatic carbocycles. The molecule has 2 rings (SSSR count). The van der Waals surface area contributed by atoms with Crippen LogP contribution in [-0.2, 0) is 15.7 Å². The SMILES string of the molecule is COc1c(C(C)(C)C)cc(Br)cc1C1(N=C=O)CC1. The van der Waals surface area contributed by atoms with Gasteiger partial charge in [-0.15, -0.1) is 0 Å². The number of hydrogen-bond acceptors (Lipinski definition) is 3. The smallest absolute Gasteiger partial charge is 0.235 e. The van der Waals surface area contributed by atoms with Crippen LogP contribution in [-0.4, -0.2) is 13.2 Å². The average Bonchev–Trinajstić information content (AvgIpc) is 3.08. The van der Waals surface area contributed by atoms with E-state index >= 15 is 0 Å². The Morgan fingerprint density at radius 1 is 1.37 bits per heavy atom. The van der Waals surface area contributed by atoms with E-state index in [1.165, 1.54) is 0 Å². The zero-order chi connectivity index (χ0) is 14.3. The van der Waals surface area contributed by atoms with Crippen LogP contribution in [0.1, 0.15) is 44.7 Å². The van der Waals surface area contributed by atoms with E-state index in [1.54, 1.807) is 13.2 Å². The predicted octanol–water partition coefficient (Wildman–Crippen LogP) is 4.08. The van der Waals surface area contributed by atoms with Gasteiger partial charge in [0.1, 0.15) is 11.3 Å². The highest BCUT2D eigenvalue weighted by atomic mass is 79.9. The quantitative estimate of drug-likeness (QED) is 0.621. The highest BCUT2D eigenvalue weighted by molar-refractivity contribution is 9.10. The van der Waals surface area contributed by atoms with Crippen molar-refractivity contribution in [3.63, 3.8) is 0 Å². The minimum absolute atomic E-state index is 0.0369. The number of benzene rings is 1. The maximum Gasteiger partial charge on any atom is 0.235 e. The highest BCUT2D eigenvalue weighted by Gasteiger charge is 2.47. The standard InChI is InChI=1S/C15H18BrNO2/c1-14(2,3)11-7-10(16)8-12(13(11)19-4)15(5-6-15)17-9-18/h7-8H,5-6H2,1-4H3. The molecule has 0 bridgehead atoms. The number of methoxy groups -OCH3 is 1. The Bertz CT molecular complexity index is 550. The first-order chi connectivity index (χ1) is 8.84. The van der Waals surface area contributed by atoms with Crippen molar-refractivity contribution in [1.82, 2.24) is 0 Å². The molecule has 1 saturated carbocycles. The number of nitrogens with zero attached hydrogens (tertiary/aromatic N) is 1. The fourth-order valence-corrected chi connectivity index (χ4v) is 2.82. The number of carbonyl (C=O) groups excluding carboxylic acids is 1. The minimum Gasteiger partial charge on any atom is -0.496 e. The van der Waals surface area contributed by atoms with E-state index in [0.29, 0.717) is 0 Å². The molecule has 0 N–H and O–H groups in total. The summed E-state index contributed by atoms with van der Waals surface area (Å²) in [5, 5.41) is 0. The zero-order valence-electron chi connectivity index (χ0n) is 11.7. The van der Waals surface area contributed by atoms with Gasteiger partial charge in [-0.1, -0.05) is 36.7 Å². The largest absolute Gasteiger partial charge is 0.496 e. The fourth-order valence-electron chi connectivity index (χ4n) is 2.36. The van der Waals surface area contributed by atoms with Crippen LogP contribution < -0.4 is 4.74 Å². The first kappa shape index (κ1) is 14.3. The second-order valence-corrected chi connectivity index (χ2v) is 6.93. The minimum atomic E-state index is -0.420. The molecule has 0 spiro atoms. The molecule has 1 aromatic rings. The molecule has 0 atom stereocenters. The molecule has 1 aliphatic rings. The van der Waals surface area contributed by atoms with E-state index in [-0.39, 0.29) is 5.41 Å². The molecular formula is C15H18BrNO2. The van der Waals surface area contributed by atoms with E-state index in [9.17, 15) is 4.79 Å². The summed E-state index contributed by atoms with van der Waals surface area (Å²) in [5.74, 6) is 0.840. The summed E-state index contributed by atoms with van der Waals surface area (Å²) in [4.78, 5) is 14.7. The first-order valence-electron chi connectivity index (χ1n) is 6.31. The zero-order valence-corrected chi connectivity index (χ0v) is 13.3. The van der Waals surface area contributed by atoms with Crippen molar-refractivity contribution in [2.75, 3.05) is 7.11 Å². The van der Waals surface area contributed by atoms with E-state index in [1.807, 2.05) is 6.07 Å². The number of halogens is 1. The summed E-state index contributed by atoms with van der Waals surface area (Å²) in [6.45, 7) is 6.43. The number of rotatable bonds is 3. The Balaban J connectivity index is 2.68. The van der Waals surface area contributed by atoms with E-state index in [4.69, 9.17) is 4.74 Å². The molecule has 0 saturated heterocycles. The van der Waals surface area contributed by atoms with Crippen LogP contribution in [0.2, 0.25) is 0 Å². The van der Waals surface area contributed by atoms with Crippen LogP contribution in [0.4, 0.5) is 0 Å². The molecule has 0 aromatic heterocycles. The van der Waals surface area contributed by atoms with Crippen molar-refractivity contribution in [3.05, 3.63) is 27.7 Å². The molecule has 0 aliphatic heterocycles. The van der Waals surface area contributed by atoms with Crippen LogP contribution in [0.25, 0.3) is 0 Å². The molecule has 3 nitrogen and oxygen atoms in total. The lowest BCUT2D eigenvalue weighted by molar-refractivity contribution is 0.387. The van der Waals surface area contributed by atoms with Gasteiger partial charge in [0.2, 0.25) is 6.08 Å². The fraction of sp³-hybridized carbons (Fsp3) is 0.533. The molecule has 102 valence electrons. The van der Waals surface area contributed by atoms with Gasteiger partial charge >= 0.3 is 0 Å². The summed E-state index contributed by atoms with van der Waals surface area (Å²) in [6, 6.07) is 4.07. The van der Waals surface area contributed by atoms with Crippen molar-refractivity contribution >= 4 is 22.0 Å². The van der Waals surface area contributed by atoms with Crippen LogP contribution in [0, 0.1) is 0 Å². The maximum atomic E-state index is 10.7. The van der Waals surface area contributed by atoms with Crippen molar-refractivity contribution in [1.29, 1.82) is 0 Å². The van der Waals surface area contributed by atoms with Crippen molar-refractivity contribution < 1.29 is 9.53 Å². The van der Waals surface area contributed by atoms with Crippen LogP contribution in [0.15, 0.2) is 21.6 Å². The third-order valence-electron chi connectivity index (χ3n) is 3.55. The molecule has 0 radical (unpaired) electrons. The van der Waals surface area contributed by atoms with Gasteiger partial charge in [-0.05, 0) is 30.4 Å². The molecule has 4 heteroatoms. The molecule has 19 heavy (non-hydrogen) atoms. The Hall–Kier alpha value is -1.12. The third-order valence-corrected chi connectivity index (χ3v) is 4.01. The topological polar surface area (TPSA) is 38.7 Å². The van der Waals surface area contributed by atoms with Gasteiger partial charge in [0, 0.05) is 15.6 Å². The molecule has 1 aliphatic carbocycles. The van der Waals surface area contributed by atoms with E-state index < -0.39 is 5.54 Å². The predicted molar refractivity (Wildman–Crippen MR) is 78.4 cm³/mol. The van der Waals surface area contributed by atoms with Gasteiger partial charge in [-0.25, -0.2) is 4.79 Å². The van der Waals surface area contributed by atoms with Gasteiger partial charge in [0.05, 0.1) is 7.11 Å². The third kappa shape index (κ3) is 2.60. The monoisotopic (exact) mass is 323 g/mol. The average molecular weight is 324 g/mol. The maximum absolute atomic E-state index is 10.7. The molecular weight excluding hydrogens is 306 g/mol. The normalized spacial score (nSPS) is 16.7. The molecule has 1 fully saturated rings. The number of hydrogen-bond donors (Lipinski definition) is 0. The molecule has 0 unspecified atom stereocenters. The molecule has 0 heterocycles. The van der Waals surface area contributed by atoms with Gasteiger partial charge in [0.25, 0.3) is 0 Å². The lowest BCUT2D eigenvalue weighted by Crippen LogP contribution is -2.16. The van der Waals surface area contributed by atoms with E-state index in [0.717, 1.165) is 34.2 Å². The summed E-state index contributed by atoms with van der Waals surface area (Å²) < 4.78 is 6.61. The lowest BCUT2D eigenvalue weighted by atomic mass is 9.84. The van der Waals surface area contributed by atoms with Crippen LogP contribution >= 0.6 is 15.9 Å². The second kappa shape index (κ2) is 4.77. The number of isocyanates is 1. The van der Waals surface area contributed by atoms with Crippen molar-refractivity contribution in [2.24, 2.45) is 4.99 Å². The Labute approximate surface area is 122 Å². The number of aliphatic imine (C=N–C) groups is 1. The summed E-state index contributed by atoms with van der Waals surface area (Å²) in [5.41, 5.74) is 1.64. The van der Waals surface area contributed by atoms with Crippen LogP contribution in [0.3, 0.4) is 0 Å². The highest BCUT2D eigenvalue weighted by Crippen LogP contribution is 2.54. The Morgan fingerprint density at radius 2 is 2.00 bits per heavy atom. The van der Waals surface area contributed by atoms with E-state index in [2.05, 4.69) is 47.8 Å². The van der Waals surface area contributed by atoms with Crippen molar-refractivity contribution in [3.8, 4) is 5.75 Å². The Morgan fingerprint density at radius 3 is 2.42 bits per heavy atom. The van der Waals surface area contributed by atoms with Gasteiger partial charge < -0.3 is 4.74 Å². The Kier molecular flexibility index (Phi) is 3.59. The van der Waals surface area contributed by atoms with Gasteiger partial charge in [-0.3, -0.25) is 0 Å². The number of ether oxygens (including phenoxy) is 1. The molecule has 0 amide bonds. The summed E-state index contributed by atoms with van der Waals surface area (Å²) in [7, 11) is 1.67. The van der Waals surface area contributed by atoms with Gasteiger partial charge in [0.15, 0.2) is 0 Å².